The topological polar surface area (TPSA) is 77.5 Å². The van der Waals surface area contributed by atoms with Crippen LogP contribution in [0.25, 0.3) is 0 Å². The van der Waals surface area contributed by atoms with Gasteiger partial charge in [0.25, 0.3) is 5.91 Å². The van der Waals surface area contributed by atoms with E-state index in [-0.39, 0.29) is 11.8 Å². The number of ether oxygens (including phenoxy) is 3. The molecule has 2 aliphatic heterocycles. The van der Waals surface area contributed by atoms with Gasteiger partial charge in [-0.2, -0.15) is 0 Å². The van der Waals surface area contributed by atoms with Gasteiger partial charge in [0.2, 0.25) is 5.91 Å². The van der Waals surface area contributed by atoms with E-state index in [4.69, 9.17) is 19.0 Å². The van der Waals surface area contributed by atoms with E-state index in [0.29, 0.717) is 42.8 Å². The molecule has 3 aromatic carbocycles. The summed E-state index contributed by atoms with van der Waals surface area (Å²) >= 11 is 0. The quantitative estimate of drug-likeness (QED) is 0.294. The van der Waals surface area contributed by atoms with Gasteiger partial charge < -0.3 is 14.2 Å². The number of benzene rings is 3. The molecule has 2 aliphatic rings. The molecule has 2 amide bonds. The molecule has 0 spiro atoms. The molecule has 2 saturated heterocycles. The molecule has 5 rings (SSSR count). The number of hydrogen-bond acceptors (Lipinski definition) is 7. The Balaban J connectivity index is 1.51. The third-order valence-electron chi connectivity index (χ3n) is 6.76. The van der Waals surface area contributed by atoms with Gasteiger partial charge in [0.05, 0.1) is 37.2 Å². The Morgan fingerprint density at radius 2 is 1.46 bits per heavy atom. The van der Waals surface area contributed by atoms with Crippen LogP contribution in [0.15, 0.2) is 72.8 Å². The summed E-state index contributed by atoms with van der Waals surface area (Å²) in [4.78, 5) is 35.1. The Morgan fingerprint density at radius 3 is 2.15 bits per heavy atom. The van der Waals surface area contributed by atoms with Gasteiger partial charge in [0, 0.05) is 0 Å². The first kappa shape index (κ1) is 26.6. The Kier molecular flexibility index (Phi) is 8.02. The lowest BCUT2D eigenvalue weighted by Gasteiger charge is -2.29. The van der Waals surface area contributed by atoms with Crippen LogP contribution in [0.2, 0.25) is 0 Å². The fourth-order valence-electron chi connectivity index (χ4n) is 5.03. The van der Waals surface area contributed by atoms with Gasteiger partial charge in [-0.3, -0.25) is 14.4 Å². The van der Waals surface area contributed by atoms with Crippen molar-refractivity contribution in [1.29, 1.82) is 0 Å². The highest BCUT2D eigenvalue weighted by Crippen LogP contribution is 2.48. The SMILES string of the molecule is CCCOc1ccc(N2C(=O)[C@@H]3[C@H](ON(c4ccccc4)[C@H]3c3ccc(OCCC)c(OCC)c3)C2=O)cc1. The fourth-order valence-corrected chi connectivity index (χ4v) is 5.03. The van der Waals surface area contributed by atoms with Crippen molar-refractivity contribution < 1.29 is 28.6 Å². The fraction of sp³-hybridized carbons (Fsp3) is 0.355. The van der Waals surface area contributed by atoms with E-state index < -0.39 is 18.1 Å². The highest BCUT2D eigenvalue weighted by atomic mass is 16.7. The number of hydrogen-bond donors (Lipinski definition) is 0. The van der Waals surface area contributed by atoms with E-state index in [1.54, 1.807) is 29.3 Å². The summed E-state index contributed by atoms with van der Waals surface area (Å²) in [6, 6.07) is 21.6. The molecule has 0 unspecified atom stereocenters. The number of fused-ring (bicyclic) bond motifs is 1. The van der Waals surface area contributed by atoms with Crippen molar-refractivity contribution >= 4 is 23.2 Å². The zero-order valence-electron chi connectivity index (χ0n) is 22.5. The number of carbonyl (C=O) groups excluding carboxylic acids is 2. The summed E-state index contributed by atoms with van der Waals surface area (Å²) in [5.74, 6) is 0.494. The second kappa shape index (κ2) is 11.8. The van der Waals surface area contributed by atoms with Crippen molar-refractivity contribution in [3.63, 3.8) is 0 Å². The molecule has 0 saturated carbocycles. The predicted octanol–water partition coefficient (Wildman–Crippen LogP) is 5.71. The van der Waals surface area contributed by atoms with Crippen molar-refractivity contribution in [1.82, 2.24) is 0 Å². The molecule has 2 heterocycles. The van der Waals surface area contributed by atoms with Crippen LogP contribution in [0.1, 0.15) is 45.2 Å². The van der Waals surface area contributed by atoms with Crippen LogP contribution < -0.4 is 24.2 Å². The third-order valence-corrected chi connectivity index (χ3v) is 6.76. The van der Waals surface area contributed by atoms with Crippen molar-refractivity contribution in [3.05, 3.63) is 78.4 Å². The maximum Gasteiger partial charge on any atom is 0.266 e. The lowest BCUT2D eigenvalue weighted by molar-refractivity contribution is -0.126. The smallest absolute Gasteiger partial charge is 0.266 e. The molecule has 8 heteroatoms. The Labute approximate surface area is 229 Å². The molecule has 0 N–H and O–H groups in total. The molecule has 3 aromatic rings. The Bertz CT molecular complexity index is 1300. The van der Waals surface area contributed by atoms with E-state index in [1.165, 1.54) is 4.90 Å². The van der Waals surface area contributed by atoms with Gasteiger partial charge in [-0.25, -0.2) is 9.96 Å². The van der Waals surface area contributed by atoms with E-state index >= 15 is 0 Å². The van der Waals surface area contributed by atoms with Crippen LogP contribution in [0.3, 0.4) is 0 Å². The summed E-state index contributed by atoms with van der Waals surface area (Å²) in [7, 11) is 0. The van der Waals surface area contributed by atoms with Crippen LogP contribution >= 0.6 is 0 Å². The number of amides is 2. The minimum Gasteiger partial charge on any atom is -0.494 e. The van der Waals surface area contributed by atoms with Crippen molar-refractivity contribution in [3.8, 4) is 17.2 Å². The van der Waals surface area contributed by atoms with Gasteiger partial charge in [-0.15, -0.1) is 0 Å². The molecule has 0 aromatic heterocycles. The molecular weight excluding hydrogens is 496 g/mol. The number of rotatable bonds is 11. The molecule has 0 aliphatic carbocycles. The molecule has 3 atom stereocenters. The summed E-state index contributed by atoms with van der Waals surface area (Å²) < 4.78 is 17.5. The van der Waals surface area contributed by atoms with E-state index in [9.17, 15) is 9.59 Å². The van der Waals surface area contributed by atoms with Crippen LogP contribution in [-0.2, 0) is 14.4 Å². The predicted molar refractivity (Wildman–Crippen MR) is 148 cm³/mol. The van der Waals surface area contributed by atoms with E-state index in [0.717, 1.165) is 24.1 Å². The largest absolute Gasteiger partial charge is 0.494 e. The van der Waals surface area contributed by atoms with Crippen molar-refractivity contribution in [2.24, 2.45) is 5.92 Å². The Hall–Kier alpha value is -4.04. The van der Waals surface area contributed by atoms with E-state index in [1.807, 2.05) is 69.3 Å². The molecular formula is C31H34N2O6. The number of imide groups is 1. The van der Waals surface area contributed by atoms with Crippen molar-refractivity contribution in [2.75, 3.05) is 29.8 Å². The highest BCUT2D eigenvalue weighted by molar-refractivity contribution is 6.23. The minimum absolute atomic E-state index is 0.306. The second-order valence-corrected chi connectivity index (χ2v) is 9.50. The lowest BCUT2D eigenvalue weighted by atomic mass is 9.90. The van der Waals surface area contributed by atoms with Gasteiger partial charge >= 0.3 is 0 Å². The second-order valence-electron chi connectivity index (χ2n) is 9.50. The molecule has 0 bridgehead atoms. The first-order valence-electron chi connectivity index (χ1n) is 13.6. The van der Waals surface area contributed by atoms with Gasteiger partial charge in [-0.05, 0) is 73.9 Å². The number of para-hydroxylation sites is 1. The first-order chi connectivity index (χ1) is 19.1. The number of anilines is 2. The average molecular weight is 531 g/mol. The zero-order valence-corrected chi connectivity index (χ0v) is 22.5. The van der Waals surface area contributed by atoms with Gasteiger partial charge in [-0.1, -0.05) is 38.1 Å². The molecule has 39 heavy (non-hydrogen) atoms. The monoisotopic (exact) mass is 530 g/mol. The first-order valence-corrected chi connectivity index (χ1v) is 13.6. The Morgan fingerprint density at radius 1 is 0.744 bits per heavy atom. The molecule has 0 radical (unpaired) electrons. The summed E-state index contributed by atoms with van der Waals surface area (Å²) in [5, 5.41) is 1.68. The van der Waals surface area contributed by atoms with Crippen LogP contribution in [-0.4, -0.2) is 37.7 Å². The standard InChI is InChI=1S/C31H34N2O6/c1-4-18-37-24-15-13-22(14-16-24)32-30(34)27-28(21-12-17-25(38-19-5-2)26(20-21)36-6-3)33(39-29(27)31(32)35)23-10-8-7-9-11-23/h7-17,20,27-29H,4-6,18-19H2,1-3H3/t27-,28-,29-/m0/s1. The maximum atomic E-state index is 13.9. The van der Waals surface area contributed by atoms with Gasteiger partial charge in [0.15, 0.2) is 17.6 Å². The van der Waals surface area contributed by atoms with Crippen LogP contribution in [0.4, 0.5) is 11.4 Å². The average Bonchev–Trinajstić information content (AvgIpc) is 3.47. The molecule has 8 nitrogen and oxygen atoms in total. The van der Waals surface area contributed by atoms with E-state index in [2.05, 4.69) is 0 Å². The molecule has 2 fully saturated rings. The number of nitrogens with zero attached hydrogens (tertiary/aromatic N) is 2. The highest BCUT2D eigenvalue weighted by Gasteiger charge is 2.60. The van der Waals surface area contributed by atoms with Gasteiger partial charge in [0.1, 0.15) is 11.7 Å². The normalized spacial score (nSPS) is 20.3. The number of carbonyl (C=O) groups is 2. The summed E-state index contributed by atoms with van der Waals surface area (Å²) in [5.41, 5.74) is 2.05. The summed E-state index contributed by atoms with van der Waals surface area (Å²) in [6.45, 7) is 7.62. The number of hydroxylamine groups is 1. The van der Waals surface area contributed by atoms with Crippen LogP contribution in [0.5, 0.6) is 17.2 Å². The van der Waals surface area contributed by atoms with Crippen LogP contribution in [0, 0.1) is 5.92 Å². The minimum atomic E-state index is -0.953. The lowest BCUT2D eigenvalue weighted by Crippen LogP contribution is -2.37. The maximum absolute atomic E-state index is 13.9. The van der Waals surface area contributed by atoms with Crippen molar-refractivity contribution in [2.45, 2.75) is 45.8 Å². The molecule has 204 valence electrons. The zero-order chi connectivity index (χ0) is 27.4. The summed E-state index contributed by atoms with van der Waals surface area (Å²) in [6.07, 6.45) is 0.806. The third kappa shape index (κ3) is 5.16.